The largest absolute Gasteiger partial charge is 0.496 e. The molecule has 0 aliphatic rings. The van der Waals surface area contributed by atoms with Gasteiger partial charge in [-0.3, -0.25) is 35.4 Å². The van der Waals surface area contributed by atoms with Gasteiger partial charge < -0.3 is 9.64 Å². The molecule has 1 aromatic heterocycles. The van der Waals surface area contributed by atoms with Crippen LogP contribution in [-0.4, -0.2) is 64.3 Å². The van der Waals surface area contributed by atoms with Gasteiger partial charge in [-0.25, -0.2) is 4.98 Å². The van der Waals surface area contributed by atoms with Gasteiger partial charge in [0.1, 0.15) is 11.6 Å². The summed E-state index contributed by atoms with van der Waals surface area (Å²) in [5, 5.41) is 20.5. The highest BCUT2D eigenvalue weighted by Crippen LogP contribution is 2.18. The number of ketones is 1. The van der Waals surface area contributed by atoms with Crippen molar-refractivity contribution in [2.45, 2.75) is 47.5 Å². The molecular weight excluding hydrogens is 456 g/mol. The maximum absolute atomic E-state index is 13.4. The van der Waals surface area contributed by atoms with E-state index in [0.717, 1.165) is 29.1 Å². The highest BCUT2D eigenvalue weighted by molar-refractivity contribution is 7.13. The number of Topliss-reactive ketones (excluding diaryl/α,β-unsaturated/α-hetero) is 1. The van der Waals surface area contributed by atoms with Crippen molar-refractivity contribution in [3.05, 3.63) is 35.2 Å². The van der Waals surface area contributed by atoms with E-state index in [1.54, 1.807) is 23.3 Å². The van der Waals surface area contributed by atoms with E-state index in [1.165, 1.54) is 26.4 Å². The molecule has 0 aromatic carbocycles. The van der Waals surface area contributed by atoms with Crippen molar-refractivity contribution in [1.82, 2.24) is 14.8 Å². The van der Waals surface area contributed by atoms with E-state index in [-0.39, 0.29) is 28.2 Å². The van der Waals surface area contributed by atoms with Crippen LogP contribution in [0.4, 0.5) is 5.13 Å². The lowest BCUT2D eigenvalue weighted by atomic mass is 10.0. The average molecular weight is 491 g/mol. The van der Waals surface area contributed by atoms with E-state index in [0.29, 0.717) is 19.0 Å². The molecule has 0 radical (unpaired) electrons. The molecule has 3 N–H and O–H groups in total. The SMILES string of the molecule is C/C=C(OC)\C(=C/N(C(C)=N)C(=N)C(=O)C(=O)Nc1nccs1)C(=O)N(CC)CCC(C)CC. The number of carbonyl (C=O) groups excluding carboxylic acids is 3. The minimum atomic E-state index is -1.17. The predicted octanol–water partition coefficient (Wildman–Crippen LogP) is 3.65. The number of aromatic nitrogens is 1. The Morgan fingerprint density at radius 3 is 2.44 bits per heavy atom. The molecule has 0 spiro atoms. The number of thiazole rings is 1. The van der Waals surface area contributed by atoms with E-state index in [1.807, 2.05) is 6.92 Å². The van der Waals surface area contributed by atoms with Crippen LogP contribution in [0.15, 0.2) is 35.2 Å². The summed E-state index contributed by atoms with van der Waals surface area (Å²) in [5.41, 5.74) is 0.0699. The number of rotatable bonds is 12. The van der Waals surface area contributed by atoms with Crippen LogP contribution in [0.5, 0.6) is 0 Å². The Hall–Kier alpha value is -3.34. The summed E-state index contributed by atoms with van der Waals surface area (Å²) >= 11 is 1.13. The Morgan fingerprint density at radius 2 is 1.97 bits per heavy atom. The zero-order valence-corrected chi connectivity index (χ0v) is 21.4. The number of methoxy groups -OCH3 is 1. The number of ether oxygens (including phenoxy) is 1. The second kappa shape index (κ2) is 14.0. The topological polar surface area (TPSA) is 140 Å². The summed E-state index contributed by atoms with van der Waals surface area (Å²) in [4.78, 5) is 44.8. The smallest absolute Gasteiger partial charge is 0.301 e. The van der Waals surface area contributed by atoms with Crippen LogP contribution in [0.2, 0.25) is 0 Å². The number of nitrogens with one attached hydrogen (secondary N) is 3. The first-order valence-electron chi connectivity index (χ1n) is 11.0. The fraction of sp³-hybridized carbons (Fsp3) is 0.478. The fourth-order valence-corrected chi connectivity index (χ4v) is 3.40. The standard InChI is InChI=1S/C23H34N6O4S/c1-7-15(4)10-12-28(9-3)22(32)17(18(8-2)33-6)14-29(16(5)24)20(25)19(30)21(31)27-23-26-11-13-34-23/h8,11,13-15,24-25H,7,9-10,12H2,1-6H3,(H,26,27,31)/b17-14+,18-8+,24-16?,25-20?. The molecule has 10 nitrogen and oxygen atoms in total. The first-order chi connectivity index (χ1) is 16.1. The van der Waals surface area contributed by atoms with Crippen LogP contribution in [-0.2, 0) is 19.1 Å². The van der Waals surface area contributed by atoms with Crippen LogP contribution >= 0.6 is 11.3 Å². The van der Waals surface area contributed by atoms with Crippen molar-refractivity contribution in [1.29, 1.82) is 10.8 Å². The van der Waals surface area contributed by atoms with Crippen molar-refractivity contribution in [2.75, 3.05) is 25.5 Å². The molecule has 11 heteroatoms. The maximum atomic E-state index is 13.4. The van der Waals surface area contributed by atoms with Crippen molar-refractivity contribution in [3.63, 3.8) is 0 Å². The van der Waals surface area contributed by atoms with Gasteiger partial charge >= 0.3 is 5.91 Å². The van der Waals surface area contributed by atoms with E-state index in [9.17, 15) is 14.4 Å². The Balaban J connectivity index is 3.30. The van der Waals surface area contributed by atoms with Crippen molar-refractivity contribution >= 4 is 45.7 Å². The van der Waals surface area contributed by atoms with E-state index in [2.05, 4.69) is 24.1 Å². The number of hydrogen-bond donors (Lipinski definition) is 3. The van der Waals surface area contributed by atoms with E-state index < -0.39 is 17.5 Å². The first kappa shape index (κ1) is 28.7. The molecule has 0 saturated carbocycles. The van der Waals surface area contributed by atoms with Crippen LogP contribution in [0, 0.1) is 16.7 Å². The molecule has 1 atom stereocenters. The molecule has 0 aliphatic carbocycles. The highest BCUT2D eigenvalue weighted by Gasteiger charge is 2.28. The van der Waals surface area contributed by atoms with E-state index >= 15 is 0 Å². The molecule has 0 bridgehead atoms. The zero-order chi connectivity index (χ0) is 25.8. The number of hydrogen-bond acceptors (Lipinski definition) is 8. The summed E-state index contributed by atoms with van der Waals surface area (Å²) in [6, 6.07) is 0. The van der Waals surface area contributed by atoms with Crippen LogP contribution in [0.1, 0.15) is 47.5 Å². The molecule has 34 heavy (non-hydrogen) atoms. The van der Waals surface area contributed by atoms with Crippen LogP contribution < -0.4 is 5.32 Å². The minimum absolute atomic E-state index is 0.0699. The molecule has 1 heterocycles. The summed E-state index contributed by atoms with van der Waals surface area (Å²) in [6.45, 7) is 10.1. The predicted molar refractivity (Wildman–Crippen MR) is 134 cm³/mol. The summed E-state index contributed by atoms with van der Waals surface area (Å²) < 4.78 is 5.37. The summed E-state index contributed by atoms with van der Waals surface area (Å²) in [6.07, 6.45) is 6.07. The monoisotopic (exact) mass is 490 g/mol. The van der Waals surface area contributed by atoms with E-state index in [4.69, 9.17) is 15.6 Å². The number of anilines is 1. The Kier molecular flexibility index (Phi) is 11.8. The van der Waals surface area contributed by atoms with Crippen LogP contribution in [0.3, 0.4) is 0 Å². The number of allylic oxidation sites excluding steroid dienone is 1. The summed E-state index contributed by atoms with van der Waals surface area (Å²) in [5.74, 6) is -2.92. The lowest BCUT2D eigenvalue weighted by Crippen LogP contribution is -2.42. The number of nitrogens with zero attached hydrogens (tertiary/aromatic N) is 3. The molecule has 2 amide bonds. The lowest BCUT2D eigenvalue weighted by molar-refractivity contribution is -0.131. The molecule has 186 valence electrons. The Bertz CT molecular complexity index is 955. The van der Waals surface area contributed by atoms with Crippen molar-refractivity contribution in [2.24, 2.45) is 5.92 Å². The zero-order valence-electron chi connectivity index (χ0n) is 20.6. The van der Waals surface area contributed by atoms with Gasteiger partial charge in [0.05, 0.1) is 12.7 Å². The van der Waals surface area contributed by atoms with Gasteiger partial charge in [-0.2, -0.15) is 0 Å². The highest BCUT2D eigenvalue weighted by atomic mass is 32.1. The van der Waals surface area contributed by atoms with Gasteiger partial charge in [-0.1, -0.05) is 20.3 Å². The molecular formula is C23H34N6O4S. The van der Waals surface area contributed by atoms with Crippen molar-refractivity contribution in [3.8, 4) is 0 Å². The number of amides is 2. The Labute approximate surface area is 204 Å². The van der Waals surface area contributed by atoms with Crippen molar-refractivity contribution < 1.29 is 19.1 Å². The van der Waals surface area contributed by atoms with Gasteiger partial charge in [0.25, 0.3) is 11.7 Å². The molecule has 0 fully saturated rings. The summed E-state index contributed by atoms with van der Waals surface area (Å²) in [7, 11) is 1.41. The molecule has 1 unspecified atom stereocenters. The lowest BCUT2D eigenvalue weighted by Gasteiger charge is -2.26. The van der Waals surface area contributed by atoms with Gasteiger partial charge in [-0.05, 0) is 39.2 Å². The Morgan fingerprint density at radius 1 is 1.29 bits per heavy atom. The minimum Gasteiger partial charge on any atom is -0.496 e. The van der Waals surface area contributed by atoms with Crippen LogP contribution in [0.25, 0.3) is 0 Å². The third-order valence-electron chi connectivity index (χ3n) is 5.17. The van der Waals surface area contributed by atoms with Gasteiger partial charge in [-0.15, -0.1) is 11.3 Å². The van der Waals surface area contributed by atoms with Gasteiger partial charge in [0, 0.05) is 30.9 Å². The molecule has 0 aliphatic heterocycles. The van der Waals surface area contributed by atoms with Gasteiger partial charge in [0.2, 0.25) is 0 Å². The van der Waals surface area contributed by atoms with Gasteiger partial charge in [0.15, 0.2) is 11.0 Å². The average Bonchev–Trinajstić information content (AvgIpc) is 3.33. The molecule has 1 rings (SSSR count). The molecule has 1 aromatic rings. The second-order valence-corrected chi connectivity index (χ2v) is 8.41. The molecule has 0 saturated heterocycles. The third kappa shape index (κ3) is 7.91. The fourth-order valence-electron chi connectivity index (χ4n) is 2.88. The quantitative estimate of drug-likeness (QED) is 0.102. The number of amidine groups is 2. The maximum Gasteiger partial charge on any atom is 0.301 e. The normalized spacial score (nSPS) is 12.5. The first-order valence-corrected chi connectivity index (χ1v) is 11.9. The number of likely N-dealkylation sites (N-methyl/N-ethyl adjacent to an activating group) is 1. The third-order valence-corrected chi connectivity index (χ3v) is 5.86. The number of carbonyl (C=O) groups is 3. The second-order valence-electron chi connectivity index (χ2n) is 7.51.